The predicted molar refractivity (Wildman–Crippen MR) is 42.5 cm³/mol. The predicted octanol–water partition coefficient (Wildman–Crippen LogP) is 2.51. The largest absolute Gasteiger partial charge is 0.299 e. The molecule has 0 aromatic heterocycles. The van der Waals surface area contributed by atoms with Gasteiger partial charge < -0.3 is 0 Å². The van der Waals surface area contributed by atoms with Gasteiger partial charge in [-0.3, -0.25) is 4.79 Å². The number of carbonyl (C=O) groups excluding carboxylic acids is 1. The van der Waals surface area contributed by atoms with Gasteiger partial charge in [0, 0.05) is 4.48 Å². The van der Waals surface area contributed by atoms with Crippen LogP contribution in [0.25, 0.3) is 0 Å². The van der Waals surface area contributed by atoms with E-state index in [9.17, 15) is 4.79 Å². The number of hydrogen-bond acceptors (Lipinski definition) is 1. The molecule has 0 atom stereocenters. The second-order valence-electron chi connectivity index (χ2n) is 2.90. The Balaban J connectivity index is 4.19. The molecule has 0 heterocycles. The summed E-state index contributed by atoms with van der Waals surface area (Å²) in [6.07, 6.45) is 2.31. The summed E-state index contributed by atoms with van der Waals surface area (Å²) in [7, 11) is 0. The fraction of sp³-hybridized carbons (Fsp3) is 0.571. The van der Waals surface area contributed by atoms with Crippen molar-refractivity contribution in [2.24, 2.45) is 5.41 Å². The summed E-state index contributed by atoms with van der Waals surface area (Å²) in [5.74, 6) is 0. The Hall–Kier alpha value is -0.110. The highest BCUT2D eigenvalue weighted by atomic mass is 79.9. The van der Waals surface area contributed by atoms with E-state index in [-0.39, 0.29) is 5.41 Å². The zero-order chi connectivity index (χ0) is 7.49. The first kappa shape index (κ1) is 8.89. The van der Waals surface area contributed by atoms with E-state index >= 15 is 0 Å². The molecule has 0 rings (SSSR count). The highest BCUT2D eigenvalue weighted by molar-refractivity contribution is 9.11. The number of hydrogen-bond donors (Lipinski definition) is 0. The molecule has 0 N–H and O–H groups in total. The highest BCUT2D eigenvalue weighted by Gasteiger charge is 2.12. The molecule has 2 heteroatoms. The summed E-state index contributed by atoms with van der Waals surface area (Å²) in [4.78, 5) is 9.96. The van der Waals surface area contributed by atoms with Crippen molar-refractivity contribution >= 4 is 22.2 Å². The summed E-state index contributed by atoms with van der Waals surface area (Å²) in [6.45, 7) is 6.12. The van der Waals surface area contributed by atoms with Crippen molar-refractivity contribution in [2.45, 2.75) is 20.8 Å². The lowest BCUT2D eigenvalue weighted by molar-refractivity contribution is -0.104. The number of halogens is 1. The number of allylic oxidation sites excluding steroid dienone is 2. The van der Waals surface area contributed by atoms with Crippen LogP contribution in [0.1, 0.15) is 20.8 Å². The fourth-order valence-corrected chi connectivity index (χ4v) is 0.418. The molecule has 0 aliphatic heterocycles. The van der Waals surface area contributed by atoms with Crippen molar-refractivity contribution in [3.05, 3.63) is 10.6 Å². The summed E-state index contributed by atoms with van der Waals surface area (Å²) in [5.41, 5.74) is 0.0565. The van der Waals surface area contributed by atoms with E-state index in [1.54, 1.807) is 0 Å². The number of aldehydes is 1. The molecule has 9 heavy (non-hydrogen) atoms. The standard InChI is InChI=1S/C7H11BrO/c1-7(2,3)6(8)4-5-9/h4-5H,1-3H3/b6-4-. The molecule has 0 aliphatic rings. The maximum atomic E-state index is 9.96. The molecule has 0 aromatic rings. The maximum Gasteiger partial charge on any atom is 0.143 e. The molecule has 1 nitrogen and oxygen atoms in total. The van der Waals surface area contributed by atoms with Crippen molar-refractivity contribution in [1.29, 1.82) is 0 Å². The lowest BCUT2D eigenvalue weighted by Crippen LogP contribution is -2.03. The lowest BCUT2D eigenvalue weighted by Gasteiger charge is -2.16. The third kappa shape index (κ3) is 3.46. The molecular weight excluding hydrogens is 180 g/mol. The smallest absolute Gasteiger partial charge is 0.143 e. The normalized spacial score (nSPS) is 13.6. The van der Waals surface area contributed by atoms with Crippen molar-refractivity contribution in [3.8, 4) is 0 Å². The van der Waals surface area contributed by atoms with E-state index < -0.39 is 0 Å². The van der Waals surface area contributed by atoms with Gasteiger partial charge >= 0.3 is 0 Å². The van der Waals surface area contributed by atoms with E-state index in [4.69, 9.17) is 0 Å². The van der Waals surface area contributed by atoms with E-state index in [0.29, 0.717) is 0 Å². The minimum absolute atomic E-state index is 0.0565. The van der Waals surface area contributed by atoms with Gasteiger partial charge in [-0.05, 0) is 11.5 Å². The first-order valence-corrected chi connectivity index (χ1v) is 3.59. The molecule has 0 fully saturated rings. The second-order valence-corrected chi connectivity index (χ2v) is 3.76. The van der Waals surface area contributed by atoms with Crippen molar-refractivity contribution in [1.82, 2.24) is 0 Å². The van der Waals surface area contributed by atoms with Gasteiger partial charge in [0.1, 0.15) is 6.29 Å². The Morgan fingerprint density at radius 1 is 1.44 bits per heavy atom. The summed E-state index contributed by atoms with van der Waals surface area (Å²) >= 11 is 3.29. The average molecular weight is 191 g/mol. The van der Waals surface area contributed by atoms with Crippen LogP contribution in [-0.4, -0.2) is 6.29 Å². The van der Waals surface area contributed by atoms with Crippen molar-refractivity contribution < 1.29 is 4.79 Å². The molecule has 52 valence electrons. The van der Waals surface area contributed by atoms with Crippen LogP contribution in [-0.2, 0) is 4.79 Å². The van der Waals surface area contributed by atoms with Gasteiger partial charge in [-0.1, -0.05) is 36.7 Å². The zero-order valence-electron chi connectivity index (χ0n) is 5.94. The van der Waals surface area contributed by atoms with Crippen LogP contribution in [0.2, 0.25) is 0 Å². The Morgan fingerprint density at radius 3 is 2.00 bits per heavy atom. The monoisotopic (exact) mass is 190 g/mol. The maximum absolute atomic E-state index is 9.96. The number of carbonyl (C=O) groups is 1. The van der Waals surface area contributed by atoms with Gasteiger partial charge in [0.05, 0.1) is 0 Å². The van der Waals surface area contributed by atoms with E-state index in [1.165, 1.54) is 6.08 Å². The molecule has 0 unspecified atom stereocenters. The van der Waals surface area contributed by atoms with Crippen LogP contribution < -0.4 is 0 Å². The lowest BCUT2D eigenvalue weighted by atomic mass is 9.96. The minimum Gasteiger partial charge on any atom is -0.299 e. The van der Waals surface area contributed by atoms with Gasteiger partial charge in [0.2, 0.25) is 0 Å². The Labute approximate surface area is 64.3 Å². The quantitative estimate of drug-likeness (QED) is 0.459. The van der Waals surface area contributed by atoms with Crippen LogP contribution in [0.15, 0.2) is 10.6 Å². The molecule has 0 aliphatic carbocycles. The topological polar surface area (TPSA) is 17.1 Å². The molecular formula is C7H11BrO. The first-order chi connectivity index (χ1) is 3.98. The Morgan fingerprint density at radius 2 is 1.89 bits per heavy atom. The molecule has 0 saturated heterocycles. The third-order valence-electron chi connectivity index (χ3n) is 0.931. The van der Waals surface area contributed by atoms with Crippen LogP contribution in [0.5, 0.6) is 0 Å². The number of rotatable bonds is 1. The van der Waals surface area contributed by atoms with Gasteiger partial charge in [0.15, 0.2) is 0 Å². The fourth-order valence-electron chi connectivity index (χ4n) is 0.310. The van der Waals surface area contributed by atoms with Crippen molar-refractivity contribution in [2.75, 3.05) is 0 Å². The second kappa shape index (κ2) is 3.16. The molecule has 0 aromatic carbocycles. The van der Waals surface area contributed by atoms with E-state index in [0.717, 1.165) is 10.8 Å². The summed E-state index contributed by atoms with van der Waals surface area (Å²) in [6, 6.07) is 0. The third-order valence-corrected chi connectivity index (χ3v) is 2.38. The van der Waals surface area contributed by atoms with Gasteiger partial charge in [-0.2, -0.15) is 0 Å². The van der Waals surface area contributed by atoms with Crippen LogP contribution in [0.3, 0.4) is 0 Å². The van der Waals surface area contributed by atoms with Gasteiger partial charge in [-0.25, -0.2) is 0 Å². The van der Waals surface area contributed by atoms with Crippen LogP contribution in [0.4, 0.5) is 0 Å². The van der Waals surface area contributed by atoms with Crippen LogP contribution >= 0.6 is 15.9 Å². The SMILES string of the molecule is CC(C)(C)/C(Br)=C/C=O. The van der Waals surface area contributed by atoms with Gasteiger partial charge in [0.25, 0.3) is 0 Å². The Kier molecular flexibility index (Phi) is 3.12. The Bertz CT molecular complexity index is 130. The molecule has 0 saturated carbocycles. The minimum atomic E-state index is 0.0565. The first-order valence-electron chi connectivity index (χ1n) is 2.80. The molecule has 0 amide bonds. The average Bonchev–Trinajstić information content (AvgIpc) is 1.64. The zero-order valence-corrected chi connectivity index (χ0v) is 7.53. The summed E-state index contributed by atoms with van der Waals surface area (Å²) in [5, 5.41) is 0. The van der Waals surface area contributed by atoms with Gasteiger partial charge in [-0.15, -0.1) is 0 Å². The molecule has 0 spiro atoms. The van der Waals surface area contributed by atoms with Crippen molar-refractivity contribution in [3.63, 3.8) is 0 Å². The molecule has 0 bridgehead atoms. The van der Waals surface area contributed by atoms with E-state index in [2.05, 4.69) is 15.9 Å². The molecule has 0 radical (unpaired) electrons. The van der Waals surface area contributed by atoms with E-state index in [1.807, 2.05) is 20.8 Å². The summed E-state index contributed by atoms with van der Waals surface area (Å²) < 4.78 is 0.935. The van der Waals surface area contributed by atoms with Crippen LogP contribution in [0, 0.1) is 5.41 Å². The highest BCUT2D eigenvalue weighted by Crippen LogP contribution is 2.29.